The summed E-state index contributed by atoms with van der Waals surface area (Å²) in [6, 6.07) is 0. The highest BCUT2D eigenvalue weighted by atomic mass is 32.1. The van der Waals surface area contributed by atoms with E-state index in [1.54, 1.807) is 6.92 Å². The summed E-state index contributed by atoms with van der Waals surface area (Å²) in [5.74, 6) is 0.666. The van der Waals surface area contributed by atoms with E-state index >= 15 is 0 Å². The van der Waals surface area contributed by atoms with Crippen molar-refractivity contribution in [2.45, 2.75) is 31.4 Å². The number of rotatable bonds is 3. The van der Waals surface area contributed by atoms with E-state index in [-0.39, 0.29) is 11.2 Å². The molecule has 0 aromatic carbocycles. The molecule has 0 saturated carbocycles. The standard InChI is InChI=1S/C10H17NOS/c1-8(13)10(12)11-7-9-5-3-2-4-6-9/h2-3,8-9,13H,4-7H2,1H3,(H,11,12). The average Bonchev–Trinajstić information content (AvgIpc) is 2.15. The van der Waals surface area contributed by atoms with Crippen LogP contribution in [-0.4, -0.2) is 17.7 Å². The molecule has 13 heavy (non-hydrogen) atoms. The van der Waals surface area contributed by atoms with Crippen LogP contribution in [-0.2, 0) is 4.79 Å². The molecule has 74 valence electrons. The molecule has 0 aromatic heterocycles. The molecule has 1 amide bonds. The van der Waals surface area contributed by atoms with E-state index < -0.39 is 0 Å². The molecule has 0 fully saturated rings. The summed E-state index contributed by atoms with van der Waals surface area (Å²) in [6.45, 7) is 2.59. The maximum absolute atomic E-state index is 11.2. The molecule has 1 N–H and O–H groups in total. The Morgan fingerprint density at radius 1 is 1.69 bits per heavy atom. The van der Waals surface area contributed by atoms with Gasteiger partial charge < -0.3 is 5.32 Å². The van der Waals surface area contributed by atoms with Crippen LogP contribution in [0.4, 0.5) is 0 Å². The smallest absolute Gasteiger partial charge is 0.232 e. The summed E-state index contributed by atoms with van der Waals surface area (Å²) in [5.41, 5.74) is 0. The van der Waals surface area contributed by atoms with Gasteiger partial charge in [0, 0.05) is 6.54 Å². The van der Waals surface area contributed by atoms with E-state index in [1.165, 1.54) is 6.42 Å². The highest BCUT2D eigenvalue weighted by molar-refractivity contribution is 7.81. The molecule has 0 radical (unpaired) electrons. The Morgan fingerprint density at radius 3 is 3.00 bits per heavy atom. The molecule has 2 unspecified atom stereocenters. The Balaban J connectivity index is 2.18. The maximum Gasteiger partial charge on any atom is 0.232 e. The second-order valence-electron chi connectivity index (χ2n) is 3.57. The molecule has 1 rings (SSSR count). The lowest BCUT2D eigenvalue weighted by Crippen LogP contribution is -2.34. The number of amides is 1. The minimum absolute atomic E-state index is 0.0397. The van der Waals surface area contributed by atoms with Gasteiger partial charge in [-0.05, 0) is 32.1 Å². The summed E-state index contributed by atoms with van der Waals surface area (Å²) >= 11 is 4.06. The van der Waals surface area contributed by atoms with Gasteiger partial charge in [-0.25, -0.2) is 0 Å². The molecule has 0 bridgehead atoms. The fourth-order valence-electron chi connectivity index (χ4n) is 1.43. The number of hydrogen-bond donors (Lipinski definition) is 2. The van der Waals surface area contributed by atoms with Crippen LogP contribution in [0.2, 0.25) is 0 Å². The van der Waals surface area contributed by atoms with Crippen LogP contribution in [0.3, 0.4) is 0 Å². The largest absolute Gasteiger partial charge is 0.355 e. The minimum atomic E-state index is -0.195. The summed E-state index contributed by atoms with van der Waals surface area (Å²) in [5, 5.41) is 2.71. The normalized spacial score (nSPS) is 24.0. The van der Waals surface area contributed by atoms with E-state index in [0.717, 1.165) is 19.4 Å². The van der Waals surface area contributed by atoms with Gasteiger partial charge in [-0.15, -0.1) is 0 Å². The second-order valence-corrected chi connectivity index (χ2v) is 4.35. The van der Waals surface area contributed by atoms with E-state index in [4.69, 9.17) is 0 Å². The van der Waals surface area contributed by atoms with Gasteiger partial charge in [0.15, 0.2) is 0 Å². The predicted molar refractivity (Wildman–Crippen MR) is 57.9 cm³/mol. The van der Waals surface area contributed by atoms with Crippen LogP contribution in [0.15, 0.2) is 12.2 Å². The Morgan fingerprint density at radius 2 is 2.46 bits per heavy atom. The van der Waals surface area contributed by atoms with E-state index in [9.17, 15) is 4.79 Å². The topological polar surface area (TPSA) is 29.1 Å². The first-order valence-corrected chi connectivity index (χ1v) is 5.32. The van der Waals surface area contributed by atoms with Gasteiger partial charge in [-0.2, -0.15) is 12.6 Å². The fourth-order valence-corrected chi connectivity index (χ4v) is 1.53. The van der Waals surface area contributed by atoms with Crippen LogP contribution in [0.1, 0.15) is 26.2 Å². The number of nitrogens with one attached hydrogen (secondary N) is 1. The van der Waals surface area contributed by atoms with Crippen LogP contribution < -0.4 is 5.32 Å². The third kappa shape index (κ3) is 3.85. The Hall–Kier alpha value is -0.440. The Labute approximate surface area is 85.2 Å². The van der Waals surface area contributed by atoms with Crippen molar-refractivity contribution in [1.82, 2.24) is 5.32 Å². The lowest BCUT2D eigenvalue weighted by molar-refractivity contribution is -0.120. The van der Waals surface area contributed by atoms with E-state index in [1.807, 2.05) is 0 Å². The van der Waals surface area contributed by atoms with Gasteiger partial charge in [0.1, 0.15) is 0 Å². The second kappa shape index (κ2) is 5.32. The SMILES string of the molecule is CC(S)C(=O)NCC1CC=CCC1. The molecule has 1 aliphatic rings. The van der Waals surface area contributed by atoms with Crippen molar-refractivity contribution < 1.29 is 4.79 Å². The highest BCUT2D eigenvalue weighted by Gasteiger charge is 2.12. The van der Waals surface area contributed by atoms with Gasteiger partial charge >= 0.3 is 0 Å². The minimum Gasteiger partial charge on any atom is -0.355 e. The van der Waals surface area contributed by atoms with Crippen molar-refractivity contribution in [3.05, 3.63) is 12.2 Å². The molecular weight excluding hydrogens is 182 g/mol. The van der Waals surface area contributed by atoms with Crippen molar-refractivity contribution >= 4 is 18.5 Å². The van der Waals surface area contributed by atoms with Gasteiger partial charge in [-0.1, -0.05) is 12.2 Å². The summed E-state index contributed by atoms with van der Waals surface area (Å²) in [7, 11) is 0. The number of hydrogen-bond acceptors (Lipinski definition) is 2. The van der Waals surface area contributed by atoms with Crippen LogP contribution in [0.5, 0.6) is 0 Å². The summed E-state index contributed by atoms with van der Waals surface area (Å²) < 4.78 is 0. The zero-order valence-electron chi connectivity index (χ0n) is 7.99. The first kappa shape index (κ1) is 10.6. The number of carbonyl (C=O) groups excluding carboxylic acids is 1. The summed E-state index contributed by atoms with van der Waals surface area (Å²) in [6.07, 6.45) is 7.85. The lowest BCUT2D eigenvalue weighted by atomic mass is 9.94. The predicted octanol–water partition coefficient (Wildman–Crippen LogP) is 1.78. The summed E-state index contributed by atoms with van der Waals surface area (Å²) in [4.78, 5) is 11.2. The van der Waals surface area contributed by atoms with Gasteiger partial charge in [0.25, 0.3) is 0 Å². The molecule has 3 heteroatoms. The molecule has 2 nitrogen and oxygen atoms in total. The quantitative estimate of drug-likeness (QED) is 0.526. The van der Waals surface area contributed by atoms with Crippen molar-refractivity contribution in [2.75, 3.05) is 6.54 Å². The number of allylic oxidation sites excluding steroid dienone is 2. The lowest BCUT2D eigenvalue weighted by Gasteiger charge is -2.18. The number of thiol groups is 1. The molecule has 0 aromatic rings. The molecule has 0 heterocycles. The monoisotopic (exact) mass is 199 g/mol. The molecule has 0 spiro atoms. The Kier molecular flexibility index (Phi) is 4.36. The van der Waals surface area contributed by atoms with Crippen LogP contribution >= 0.6 is 12.6 Å². The van der Waals surface area contributed by atoms with Crippen molar-refractivity contribution in [3.63, 3.8) is 0 Å². The average molecular weight is 199 g/mol. The third-order valence-corrected chi connectivity index (χ3v) is 2.56. The van der Waals surface area contributed by atoms with Crippen LogP contribution in [0, 0.1) is 5.92 Å². The molecule has 2 atom stereocenters. The third-order valence-electron chi connectivity index (χ3n) is 2.32. The first-order chi connectivity index (χ1) is 6.20. The van der Waals surface area contributed by atoms with Crippen molar-refractivity contribution in [1.29, 1.82) is 0 Å². The maximum atomic E-state index is 11.2. The van der Waals surface area contributed by atoms with Crippen molar-refractivity contribution in [2.24, 2.45) is 5.92 Å². The zero-order valence-corrected chi connectivity index (χ0v) is 8.89. The van der Waals surface area contributed by atoms with Gasteiger partial charge in [-0.3, -0.25) is 4.79 Å². The van der Waals surface area contributed by atoms with Gasteiger partial charge in [0.05, 0.1) is 5.25 Å². The van der Waals surface area contributed by atoms with Crippen molar-refractivity contribution in [3.8, 4) is 0 Å². The van der Waals surface area contributed by atoms with E-state index in [0.29, 0.717) is 5.92 Å². The zero-order chi connectivity index (χ0) is 9.68. The molecule has 0 aliphatic heterocycles. The molecular formula is C10H17NOS. The molecule has 1 aliphatic carbocycles. The van der Waals surface area contributed by atoms with Gasteiger partial charge in [0.2, 0.25) is 5.91 Å². The van der Waals surface area contributed by atoms with E-state index in [2.05, 4.69) is 30.1 Å². The molecule has 0 saturated heterocycles. The highest BCUT2D eigenvalue weighted by Crippen LogP contribution is 2.16. The van der Waals surface area contributed by atoms with Crippen LogP contribution in [0.25, 0.3) is 0 Å². The fraction of sp³-hybridized carbons (Fsp3) is 0.700. The number of carbonyl (C=O) groups is 1. The Bertz CT molecular complexity index is 201. The first-order valence-electron chi connectivity index (χ1n) is 4.81.